The van der Waals surface area contributed by atoms with E-state index in [0.717, 1.165) is 5.56 Å². The number of nitrogens with one attached hydrogen (secondary N) is 1. The summed E-state index contributed by atoms with van der Waals surface area (Å²) in [5.41, 5.74) is 1.64. The number of nitrogens with zero attached hydrogens (tertiary/aromatic N) is 2. The second-order valence-corrected chi connectivity index (χ2v) is 8.15. The lowest BCUT2D eigenvalue weighted by molar-refractivity contribution is -0.116. The Morgan fingerprint density at radius 1 is 1.04 bits per heavy atom. The fourth-order valence-corrected chi connectivity index (χ4v) is 3.33. The van der Waals surface area contributed by atoms with Crippen molar-refractivity contribution in [3.63, 3.8) is 0 Å². The average Bonchev–Trinajstić information content (AvgIpc) is 3.15. The van der Waals surface area contributed by atoms with E-state index in [1.165, 1.54) is 12.1 Å². The molecule has 3 aromatic rings. The van der Waals surface area contributed by atoms with Crippen molar-refractivity contribution in [2.75, 3.05) is 11.1 Å². The van der Waals surface area contributed by atoms with Gasteiger partial charge in [-0.05, 0) is 36.2 Å². The molecule has 0 bridgehead atoms. The highest BCUT2D eigenvalue weighted by atomic mass is 32.2. The first-order valence-corrected chi connectivity index (χ1v) is 10.1. The number of aryl methyl sites for hydroxylation is 1. The van der Waals surface area contributed by atoms with E-state index in [0.29, 0.717) is 18.4 Å². The molecule has 0 saturated carbocycles. The SMILES string of the molecule is CCS(=O)(=O)c1ccc(-c2nnc(NC(=O)CCc3ccccc3)o2)cc1. The molecule has 8 heteroatoms. The molecule has 0 radical (unpaired) electrons. The van der Waals surface area contributed by atoms with E-state index < -0.39 is 9.84 Å². The predicted octanol–water partition coefficient (Wildman–Crippen LogP) is 3.10. The van der Waals surface area contributed by atoms with Gasteiger partial charge in [0.2, 0.25) is 11.8 Å². The number of amides is 1. The molecule has 1 N–H and O–H groups in total. The highest BCUT2D eigenvalue weighted by molar-refractivity contribution is 7.91. The summed E-state index contributed by atoms with van der Waals surface area (Å²) in [4.78, 5) is 12.3. The third-order valence-corrected chi connectivity index (χ3v) is 5.75. The summed E-state index contributed by atoms with van der Waals surface area (Å²) in [6.45, 7) is 1.59. The number of rotatable bonds is 7. The molecule has 0 unspecified atom stereocenters. The molecule has 0 aliphatic rings. The fraction of sp³-hybridized carbons (Fsp3) is 0.211. The van der Waals surface area contributed by atoms with Crippen LogP contribution in [0.15, 0.2) is 63.9 Å². The Labute approximate surface area is 157 Å². The maximum absolute atomic E-state index is 12.0. The first-order chi connectivity index (χ1) is 13.0. The Morgan fingerprint density at radius 3 is 2.41 bits per heavy atom. The van der Waals surface area contributed by atoms with Crippen LogP contribution in [-0.2, 0) is 21.1 Å². The Morgan fingerprint density at radius 2 is 1.74 bits per heavy atom. The minimum Gasteiger partial charge on any atom is -0.403 e. The van der Waals surface area contributed by atoms with Crippen LogP contribution in [0.5, 0.6) is 0 Å². The van der Waals surface area contributed by atoms with Crippen molar-refractivity contribution in [3.05, 3.63) is 60.2 Å². The lowest BCUT2D eigenvalue weighted by atomic mass is 10.1. The molecule has 0 aliphatic carbocycles. The molecule has 0 fully saturated rings. The topological polar surface area (TPSA) is 102 Å². The second-order valence-electron chi connectivity index (χ2n) is 5.87. The van der Waals surface area contributed by atoms with Crippen molar-refractivity contribution in [2.24, 2.45) is 0 Å². The largest absolute Gasteiger partial charge is 0.403 e. The molecular formula is C19H19N3O4S. The van der Waals surface area contributed by atoms with Gasteiger partial charge in [0.1, 0.15) is 0 Å². The maximum atomic E-state index is 12.0. The van der Waals surface area contributed by atoms with Crippen LogP contribution in [-0.4, -0.2) is 30.3 Å². The number of benzene rings is 2. The molecule has 0 spiro atoms. The molecular weight excluding hydrogens is 366 g/mol. The normalized spacial score (nSPS) is 11.3. The van der Waals surface area contributed by atoms with Crippen LogP contribution >= 0.6 is 0 Å². The van der Waals surface area contributed by atoms with Crippen molar-refractivity contribution in [2.45, 2.75) is 24.7 Å². The minimum absolute atomic E-state index is 0.00770. The summed E-state index contributed by atoms with van der Waals surface area (Å²) in [5.74, 6) is 0.0127. The Bertz CT molecular complexity index is 1010. The average molecular weight is 385 g/mol. The van der Waals surface area contributed by atoms with Crippen LogP contribution < -0.4 is 5.32 Å². The smallest absolute Gasteiger partial charge is 0.322 e. The second kappa shape index (κ2) is 8.13. The zero-order valence-corrected chi connectivity index (χ0v) is 15.6. The van der Waals surface area contributed by atoms with Gasteiger partial charge in [-0.25, -0.2) is 8.42 Å². The number of carbonyl (C=O) groups excluding carboxylic acids is 1. The molecule has 0 saturated heterocycles. The minimum atomic E-state index is -3.26. The van der Waals surface area contributed by atoms with E-state index in [-0.39, 0.29) is 28.5 Å². The van der Waals surface area contributed by atoms with Gasteiger partial charge in [0, 0.05) is 12.0 Å². The summed E-state index contributed by atoms with van der Waals surface area (Å²) in [6.07, 6.45) is 0.909. The third-order valence-electron chi connectivity index (χ3n) is 4.00. The maximum Gasteiger partial charge on any atom is 0.322 e. The van der Waals surface area contributed by atoms with Crippen molar-refractivity contribution < 1.29 is 17.6 Å². The molecule has 0 atom stereocenters. The van der Waals surface area contributed by atoms with Crippen LogP contribution in [0.1, 0.15) is 18.9 Å². The summed E-state index contributed by atoms with van der Waals surface area (Å²) in [7, 11) is -3.26. The summed E-state index contributed by atoms with van der Waals surface area (Å²) >= 11 is 0. The van der Waals surface area contributed by atoms with Gasteiger partial charge < -0.3 is 4.42 Å². The number of aromatic nitrogens is 2. The monoisotopic (exact) mass is 385 g/mol. The van der Waals surface area contributed by atoms with Gasteiger partial charge >= 0.3 is 6.01 Å². The van der Waals surface area contributed by atoms with Gasteiger partial charge in [0.25, 0.3) is 0 Å². The molecule has 1 amide bonds. The summed E-state index contributed by atoms with van der Waals surface area (Å²) in [5, 5.41) is 10.3. The number of anilines is 1. The fourth-order valence-electron chi connectivity index (χ4n) is 2.45. The number of hydrogen-bond acceptors (Lipinski definition) is 6. The Hall–Kier alpha value is -3.00. The van der Waals surface area contributed by atoms with Gasteiger partial charge in [0.15, 0.2) is 9.84 Å². The molecule has 140 valence electrons. The van der Waals surface area contributed by atoms with Gasteiger partial charge in [0.05, 0.1) is 10.6 Å². The predicted molar refractivity (Wildman–Crippen MR) is 101 cm³/mol. The number of hydrogen-bond donors (Lipinski definition) is 1. The van der Waals surface area contributed by atoms with E-state index in [9.17, 15) is 13.2 Å². The van der Waals surface area contributed by atoms with Crippen LogP contribution in [0.2, 0.25) is 0 Å². The van der Waals surface area contributed by atoms with Crippen molar-refractivity contribution >= 4 is 21.8 Å². The molecule has 2 aromatic carbocycles. The molecule has 1 aromatic heterocycles. The number of carbonyl (C=O) groups is 1. The molecule has 1 heterocycles. The van der Waals surface area contributed by atoms with Gasteiger partial charge in [-0.1, -0.05) is 42.4 Å². The molecule has 27 heavy (non-hydrogen) atoms. The summed E-state index contributed by atoms with van der Waals surface area (Å²) in [6, 6.07) is 15.9. The number of sulfone groups is 1. The van der Waals surface area contributed by atoms with E-state index in [2.05, 4.69) is 15.5 Å². The highest BCUT2D eigenvalue weighted by Crippen LogP contribution is 2.22. The Balaban J connectivity index is 1.62. The summed E-state index contributed by atoms with van der Waals surface area (Å²) < 4.78 is 29.1. The van der Waals surface area contributed by atoms with E-state index in [1.807, 2.05) is 30.3 Å². The van der Waals surface area contributed by atoms with E-state index in [1.54, 1.807) is 19.1 Å². The third kappa shape index (κ3) is 4.79. The van der Waals surface area contributed by atoms with Crippen LogP contribution in [0.3, 0.4) is 0 Å². The zero-order chi connectivity index (χ0) is 19.3. The van der Waals surface area contributed by atoms with E-state index in [4.69, 9.17) is 4.42 Å². The van der Waals surface area contributed by atoms with Crippen LogP contribution in [0.25, 0.3) is 11.5 Å². The van der Waals surface area contributed by atoms with Gasteiger partial charge in [-0.3, -0.25) is 10.1 Å². The van der Waals surface area contributed by atoms with Gasteiger partial charge in [-0.2, -0.15) is 0 Å². The van der Waals surface area contributed by atoms with Crippen LogP contribution in [0.4, 0.5) is 6.01 Å². The molecule has 7 nitrogen and oxygen atoms in total. The first-order valence-electron chi connectivity index (χ1n) is 8.48. The van der Waals surface area contributed by atoms with Gasteiger partial charge in [-0.15, -0.1) is 5.10 Å². The zero-order valence-electron chi connectivity index (χ0n) is 14.8. The standard InChI is InChI=1S/C19H19N3O4S/c1-2-27(24,25)16-11-9-15(10-12-16)18-21-22-19(26-18)20-17(23)13-8-14-6-4-3-5-7-14/h3-7,9-12H,2,8,13H2,1H3,(H,20,22,23). The quantitative estimate of drug-likeness (QED) is 0.670. The highest BCUT2D eigenvalue weighted by Gasteiger charge is 2.14. The Kier molecular flexibility index (Phi) is 5.66. The lowest BCUT2D eigenvalue weighted by Crippen LogP contribution is -2.12. The van der Waals surface area contributed by atoms with Crippen molar-refractivity contribution in [1.29, 1.82) is 0 Å². The van der Waals surface area contributed by atoms with E-state index >= 15 is 0 Å². The van der Waals surface area contributed by atoms with Crippen molar-refractivity contribution in [3.8, 4) is 11.5 Å². The molecule has 0 aliphatic heterocycles. The first kappa shape index (κ1) is 18.8. The van der Waals surface area contributed by atoms with Crippen molar-refractivity contribution in [1.82, 2.24) is 10.2 Å². The lowest BCUT2D eigenvalue weighted by Gasteiger charge is -2.02. The molecule has 3 rings (SSSR count). The van der Waals surface area contributed by atoms with Crippen LogP contribution in [0, 0.1) is 0 Å².